The first-order valence-corrected chi connectivity index (χ1v) is 15.3. The molecule has 4 heteroatoms. The number of hydrogen-bond donors (Lipinski definition) is 0. The van der Waals surface area contributed by atoms with Gasteiger partial charge in [-0.1, -0.05) is 91.0 Å². The lowest BCUT2D eigenvalue weighted by molar-refractivity contribution is 1.29. The van der Waals surface area contributed by atoms with Gasteiger partial charge in [0.2, 0.25) is 0 Å². The molecule has 0 aliphatic carbocycles. The highest BCUT2D eigenvalue weighted by Crippen LogP contribution is 2.43. The lowest BCUT2D eigenvalue weighted by atomic mass is 10.0. The van der Waals surface area contributed by atoms with E-state index in [0.29, 0.717) is 0 Å². The smallest absolute Gasteiger partial charge is 0.124 e. The molecule has 0 aliphatic rings. The maximum atomic E-state index is 4.97. The van der Waals surface area contributed by atoms with Gasteiger partial charge in [-0.3, -0.25) is 0 Å². The van der Waals surface area contributed by atoms with Gasteiger partial charge in [0.05, 0.1) is 10.2 Å². The summed E-state index contributed by atoms with van der Waals surface area (Å²) >= 11 is 3.60. The molecule has 0 saturated heterocycles. The van der Waals surface area contributed by atoms with Crippen LogP contribution >= 0.6 is 22.7 Å². The predicted octanol–water partition coefficient (Wildman–Crippen LogP) is 11.5. The quantitative estimate of drug-likeness (QED) is 0.208. The zero-order valence-electron chi connectivity index (χ0n) is 22.1. The number of thiazole rings is 1. The maximum absolute atomic E-state index is 4.97. The molecule has 194 valence electrons. The number of nitrogens with zero attached hydrogens (tertiary/aromatic N) is 2. The van der Waals surface area contributed by atoms with Crippen molar-refractivity contribution in [3.05, 3.63) is 146 Å². The molecule has 6 aromatic carbocycles. The normalized spacial score (nSPS) is 11.4. The van der Waals surface area contributed by atoms with Crippen LogP contribution in [0.2, 0.25) is 0 Å². The van der Waals surface area contributed by atoms with Crippen LogP contribution in [-0.2, 0) is 0 Å². The third-order valence-electron chi connectivity index (χ3n) is 7.49. The summed E-state index contributed by atoms with van der Waals surface area (Å²) in [6, 6.07) is 51.9. The highest BCUT2D eigenvalue weighted by atomic mass is 32.1. The van der Waals surface area contributed by atoms with Crippen molar-refractivity contribution in [2.75, 3.05) is 4.90 Å². The van der Waals surface area contributed by atoms with Crippen molar-refractivity contribution in [1.29, 1.82) is 0 Å². The number of rotatable bonds is 5. The summed E-state index contributed by atoms with van der Waals surface area (Å²) in [5.74, 6) is 0. The number of para-hydroxylation sites is 1. The molecule has 0 amide bonds. The summed E-state index contributed by atoms with van der Waals surface area (Å²) in [4.78, 5) is 7.32. The summed E-state index contributed by atoms with van der Waals surface area (Å²) in [6.07, 6.45) is 0. The number of benzene rings is 6. The molecule has 0 fully saturated rings. The van der Waals surface area contributed by atoms with Crippen LogP contribution in [0.5, 0.6) is 0 Å². The van der Waals surface area contributed by atoms with Crippen LogP contribution < -0.4 is 4.90 Å². The molecule has 0 aliphatic heterocycles. The van der Waals surface area contributed by atoms with E-state index < -0.39 is 0 Å². The zero-order chi connectivity index (χ0) is 27.2. The van der Waals surface area contributed by atoms with Crippen molar-refractivity contribution >= 4 is 70.1 Å². The molecule has 0 bridgehead atoms. The Balaban J connectivity index is 1.25. The molecule has 41 heavy (non-hydrogen) atoms. The van der Waals surface area contributed by atoms with Gasteiger partial charge in [0.25, 0.3) is 0 Å². The Morgan fingerprint density at radius 3 is 1.73 bits per heavy atom. The predicted molar refractivity (Wildman–Crippen MR) is 178 cm³/mol. The van der Waals surface area contributed by atoms with Crippen molar-refractivity contribution in [2.24, 2.45) is 0 Å². The van der Waals surface area contributed by atoms with Gasteiger partial charge >= 0.3 is 0 Å². The summed E-state index contributed by atoms with van der Waals surface area (Å²) in [7, 11) is 0. The van der Waals surface area contributed by atoms with E-state index in [-0.39, 0.29) is 0 Å². The Bertz CT molecular complexity index is 2130. The fourth-order valence-corrected chi connectivity index (χ4v) is 7.58. The molecule has 0 radical (unpaired) electrons. The van der Waals surface area contributed by atoms with Crippen LogP contribution in [-0.4, -0.2) is 4.98 Å². The van der Waals surface area contributed by atoms with Crippen molar-refractivity contribution < 1.29 is 0 Å². The second-order valence-electron chi connectivity index (χ2n) is 10.1. The van der Waals surface area contributed by atoms with Gasteiger partial charge < -0.3 is 4.90 Å². The van der Waals surface area contributed by atoms with Gasteiger partial charge in [0.1, 0.15) is 5.01 Å². The van der Waals surface area contributed by atoms with Crippen LogP contribution in [0.1, 0.15) is 0 Å². The standard InChI is InChI=1S/C37H24N2S2/c1-4-10-25(11-5-1)26-16-18-29(19-17-26)39(28-14-8-3-9-15-28)30-20-21-34-31(22-30)32-23-36-33(24-35(32)40-34)38-37(41-36)27-12-6-2-7-13-27/h1-24H. The van der Waals surface area contributed by atoms with Crippen molar-refractivity contribution in [3.8, 4) is 21.7 Å². The number of anilines is 3. The fourth-order valence-electron chi connectivity index (χ4n) is 5.49. The van der Waals surface area contributed by atoms with Crippen molar-refractivity contribution in [2.45, 2.75) is 0 Å². The Labute approximate surface area is 246 Å². The van der Waals surface area contributed by atoms with E-state index in [9.17, 15) is 0 Å². The largest absolute Gasteiger partial charge is 0.310 e. The molecule has 0 saturated carbocycles. The summed E-state index contributed by atoms with van der Waals surface area (Å²) in [5.41, 5.74) is 8.08. The molecular formula is C37H24N2S2. The fraction of sp³-hybridized carbons (Fsp3) is 0. The van der Waals surface area contributed by atoms with Crippen LogP contribution in [0, 0.1) is 0 Å². The van der Waals surface area contributed by atoms with Gasteiger partial charge in [-0.15, -0.1) is 22.7 Å². The van der Waals surface area contributed by atoms with E-state index in [1.54, 1.807) is 11.3 Å². The summed E-state index contributed by atoms with van der Waals surface area (Å²) in [5, 5.41) is 3.63. The summed E-state index contributed by atoms with van der Waals surface area (Å²) in [6.45, 7) is 0. The molecule has 0 unspecified atom stereocenters. The zero-order valence-corrected chi connectivity index (χ0v) is 23.7. The van der Waals surface area contributed by atoms with Crippen LogP contribution in [0.4, 0.5) is 17.1 Å². The van der Waals surface area contributed by atoms with E-state index >= 15 is 0 Å². The monoisotopic (exact) mass is 560 g/mol. The minimum absolute atomic E-state index is 1.07. The topological polar surface area (TPSA) is 16.1 Å². The first kappa shape index (κ1) is 24.1. The minimum Gasteiger partial charge on any atom is -0.310 e. The molecule has 8 aromatic rings. The van der Waals surface area contributed by atoms with Gasteiger partial charge in [-0.2, -0.15) is 0 Å². The number of fused-ring (bicyclic) bond motifs is 4. The first-order chi connectivity index (χ1) is 20.3. The molecule has 0 spiro atoms. The van der Waals surface area contributed by atoms with Crippen molar-refractivity contribution in [1.82, 2.24) is 4.98 Å². The Kier molecular flexibility index (Phi) is 5.87. The van der Waals surface area contributed by atoms with Gasteiger partial charge in [0.15, 0.2) is 0 Å². The van der Waals surface area contributed by atoms with E-state index in [1.807, 2.05) is 17.4 Å². The van der Waals surface area contributed by atoms with Gasteiger partial charge in [-0.25, -0.2) is 4.98 Å². The van der Waals surface area contributed by atoms with Gasteiger partial charge in [-0.05, 0) is 65.7 Å². The first-order valence-electron chi connectivity index (χ1n) is 13.6. The highest BCUT2D eigenvalue weighted by molar-refractivity contribution is 7.26. The molecule has 2 nitrogen and oxygen atoms in total. The van der Waals surface area contributed by atoms with Crippen LogP contribution in [0.3, 0.4) is 0 Å². The minimum atomic E-state index is 1.07. The van der Waals surface area contributed by atoms with Crippen molar-refractivity contribution in [3.63, 3.8) is 0 Å². The molecule has 2 heterocycles. The Hall–Kier alpha value is -4.77. The third kappa shape index (κ3) is 4.38. The summed E-state index contributed by atoms with van der Waals surface area (Å²) < 4.78 is 3.78. The second-order valence-corrected chi connectivity index (χ2v) is 12.2. The lowest BCUT2D eigenvalue weighted by Crippen LogP contribution is -2.09. The van der Waals surface area contributed by atoms with Gasteiger partial charge in [0, 0.05) is 42.8 Å². The average Bonchev–Trinajstić information content (AvgIpc) is 3.62. The number of hydrogen-bond acceptors (Lipinski definition) is 4. The Morgan fingerprint density at radius 2 is 1.00 bits per heavy atom. The number of aromatic nitrogens is 1. The van der Waals surface area contributed by atoms with Crippen LogP contribution in [0.25, 0.3) is 52.1 Å². The van der Waals surface area contributed by atoms with E-state index in [4.69, 9.17) is 4.98 Å². The van der Waals surface area contributed by atoms with E-state index in [0.717, 1.165) is 27.6 Å². The molecule has 0 atom stereocenters. The molecular weight excluding hydrogens is 537 g/mol. The second kappa shape index (κ2) is 10.0. The third-order valence-corrected chi connectivity index (χ3v) is 9.69. The SMILES string of the molecule is c1ccc(-c2ccc(N(c3ccccc3)c3ccc4sc5cc6nc(-c7ccccc7)sc6cc5c4c3)cc2)cc1. The Morgan fingerprint density at radius 1 is 0.415 bits per heavy atom. The molecule has 0 N–H and O–H groups in total. The molecule has 8 rings (SSSR count). The molecule has 2 aromatic heterocycles. The van der Waals surface area contributed by atoms with E-state index in [1.165, 1.54) is 41.6 Å². The number of thiophene rings is 1. The maximum Gasteiger partial charge on any atom is 0.124 e. The lowest BCUT2D eigenvalue weighted by Gasteiger charge is -2.25. The highest BCUT2D eigenvalue weighted by Gasteiger charge is 2.16. The average molecular weight is 561 g/mol. The van der Waals surface area contributed by atoms with E-state index in [2.05, 4.69) is 144 Å². The van der Waals surface area contributed by atoms with Crippen LogP contribution in [0.15, 0.2) is 146 Å².